The largest absolute Gasteiger partial charge is 0.756 e. The van der Waals surface area contributed by atoms with Crippen LogP contribution in [0.15, 0.2) is 78.2 Å². The van der Waals surface area contributed by atoms with Gasteiger partial charge in [0.15, 0.2) is 28.9 Å². The predicted molar refractivity (Wildman–Crippen MR) is 255 cm³/mol. The molecule has 19 heteroatoms. The number of imidazole rings is 1. The number of aliphatic hydroxyl groups excluding tert-OH is 1. The number of unbranched alkanes of at least 4 members (excludes halogenated alkanes) is 3. The first-order chi connectivity index (χ1) is 32.0. The Hall–Kier alpha value is -5.75. The van der Waals surface area contributed by atoms with Gasteiger partial charge in [0.05, 0.1) is 6.61 Å². The van der Waals surface area contributed by atoms with Crippen molar-refractivity contribution in [2.24, 2.45) is 0 Å². The second-order valence-electron chi connectivity index (χ2n) is 18.4. The lowest BCUT2D eigenvalue weighted by atomic mass is 9.64. The standard InChI is InChI=1S/C48H61N10O8P/c1-48(2)35-25-29(55(3)4)18-20-33(35)39(34-21-19-30(56(5)6)26-36(34)48)31-15-10-11-16-32(31)45(61)57(7)24-14-17-38(59)50-22-12-8-9-13-23-51-47-54-40-43(49)52-28-53-44(40)58(47)46-41(60)42-37(65-46)27-64-67(62,63)66-42/h10-11,15-16,18-21,25-26,28,37,41-42,46,49,60H,8-9,12-14,17,22-24,27H2,1-7H3,(H3,50,59,61,62,63)/t37-,41-,42-,46-/m1/s1. The second kappa shape index (κ2) is 19.5. The summed E-state index contributed by atoms with van der Waals surface area (Å²) in [7, 11) is 5.43. The Morgan fingerprint density at radius 2 is 1.79 bits per heavy atom. The van der Waals surface area contributed by atoms with E-state index in [9.17, 15) is 24.2 Å². The molecule has 2 aromatic heterocycles. The van der Waals surface area contributed by atoms with Gasteiger partial charge < -0.3 is 50.0 Å². The van der Waals surface area contributed by atoms with E-state index in [2.05, 4.69) is 114 Å². The Balaban J connectivity index is 0.823. The van der Waals surface area contributed by atoms with Crippen LogP contribution in [-0.2, 0) is 28.6 Å². The summed E-state index contributed by atoms with van der Waals surface area (Å²) < 4.78 is 31.4. The normalized spacial score (nSPS) is 22.8. The Kier molecular flexibility index (Phi) is 13.9. The van der Waals surface area contributed by atoms with Gasteiger partial charge in [-0.15, -0.1) is 0 Å². The SMILES string of the molecule is CN(CCCC(=O)NCCCCCCNc1nc2c(N)ncnc2n1[C@@H]1O[C@@H]2COP(=O)([O-])O[C@H]2[C@H]1O)C(=O)c1ccccc1C1=C2C=CC(=[N+](C)C)C=C2C(C)(C)c2cc(N(C)C)ccc21. The lowest BCUT2D eigenvalue weighted by Crippen LogP contribution is -2.41. The fraction of sp³-hybridized carbons (Fsp3) is 0.458. The molecule has 2 fully saturated rings. The van der Waals surface area contributed by atoms with Crippen molar-refractivity contribution in [2.75, 3.05) is 77.4 Å². The average molecular weight is 937 g/mol. The molecule has 0 saturated carbocycles. The van der Waals surface area contributed by atoms with Crippen LogP contribution in [0.25, 0.3) is 16.7 Å². The number of aliphatic hydroxyl groups is 1. The summed E-state index contributed by atoms with van der Waals surface area (Å²) in [6.07, 6.45) is 7.56. The molecule has 1 unspecified atom stereocenters. The summed E-state index contributed by atoms with van der Waals surface area (Å²) >= 11 is 0. The number of rotatable bonds is 16. The molecule has 4 heterocycles. The molecule has 0 spiro atoms. The van der Waals surface area contributed by atoms with Gasteiger partial charge in [0.25, 0.3) is 13.7 Å². The zero-order valence-electron chi connectivity index (χ0n) is 39.2. The van der Waals surface area contributed by atoms with Crippen molar-refractivity contribution in [3.63, 3.8) is 0 Å². The number of allylic oxidation sites excluding steroid dienone is 5. The number of nitrogen functional groups attached to an aromatic ring is 1. The molecule has 0 bridgehead atoms. The molecule has 4 aliphatic rings. The number of anilines is 3. The summed E-state index contributed by atoms with van der Waals surface area (Å²) in [4.78, 5) is 55.8. The molecule has 67 heavy (non-hydrogen) atoms. The number of phosphoric acid groups is 1. The van der Waals surface area contributed by atoms with E-state index >= 15 is 0 Å². The van der Waals surface area contributed by atoms with Crippen molar-refractivity contribution < 1.29 is 42.5 Å². The summed E-state index contributed by atoms with van der Waals surface area (Å²) in [6, 6.07) is 14.5. The third-order valence-corrected chi connectivity index (χ3v) is 14.0. The maximum Gasteiger partial charge on any atom is 0.268 e. The Morgan fingerprint density at radius 1 is 1.03 bits per heavy atom. The minimum atomic E-state index is -4.57. The molecule has 5 N–H and O–H groups in total. The van der Waals surface area contributed by atoms with Crippen LogP contribution in [0.5, 0.6) is 0 Å². The van der Waals surface area contributed by atoms with Crippen LogP contribution in [0, 0.1) is 0 Å². The Labute approximate surface area is 390 Å². The van der Waals surface area contributed by atoms with E-state index in [1.165, 1.54) is 22.0 Å². The zero-order chi connectivity index (χ0) is 47.8. The summed E-state index contributed by atoms with van der Waals surface area (Å²) in [5, 5.41) is 17.4. The monoisotopic (exact) mass is 936 g/mol. The van der Waals surface area contributed by atoms with Crippen molar-refractivity contribution in [3.05, 3.63) is 100 Å². The first-order valence-corrected chi connectivity index (χ1v) is 24.3. The predicted octanol–water partition coefficient (Wildman–Crippen LogP) is 4.56. The smallest absolute Gasteiger partial charge is 0.268 e. The number of nitrogens with zero attached hydrogens (tertiary/aromatic N) is 7. The van der Waals surface area contributed by atoms with Crippen LogP contribution < -0.4 is 26.2 Å². The minimum Gasteiger partial charge on any atom is -0.756 e. The highest BCUT2D eigenvalue weighted by atomic mass is 31.2. The van der Waals surface area contributed by atoms with E-state index in [0.717, 1.165) is 59.4 Å². The van der Waals surface area contributed by atoms with Crippen molar-refractivity contribution in [3.8, 4) is 0 Å². The number of nitrogens with two attached hydrogens (primary N) is 1. The first kappa shape index (κ1) is 47.7. The molecule has 0 radical (unpaired) electrons. The number of hydrogen-bond donors (Lipinski definition) is 4. The molecule has 2 aliphatic heterocycles. The fourth-order valence-corrected chi connectivity index (χ4v) is 10.2. The maximum atomic E-state index is 14.3. The highest BCUT2D eigenvalue weighted by molar-refractivity contribution is 7.45. The van der Waals surface area contributed by atoms with Crippen LogP contribution in [0.3, 0.4) is 0 Å². The van der Waals surface area contributed by atoms with Gasteiger partial charge >= 0.3 is 0 Å². The molecule has 18 nitrogen and oxygen atoms in total. The van der Waals surface area contributed by atoms with Crippen molar-refractivity contribution >= 4 is 59.5 Å². The van der Waals surface area contributed by atoms with Crippen molar-refractivity contribution in [1.82, 2.24) is 29.7 Å². The fourth-order valence-electron chi connectivity index (χ4n) is 9.30. The highest BCUT2D eigenvalue weighted by Gasteiger charge is 2.51. The van der Waals surface area contributed by atoms with Gasteiger partial charge in [0.1, 0.15) is 38.7 Å². The highest BCUT2D eigenvalue weighted by Crippen LogP contribution is 2.52. The summed E-state index contributed by atoms with van der Waals surface area (Å²) in [5.74, 6) is 0.304. The molecule has 5 atom stereocenters. The van der Waals surface area contributed by atoms with Crippen LogP contribution in [-0.4, -0.2) is 131 Å². The minimum absolute atomic E-state index is 0.0573. The molecule has 8 rings (SSSR count). The van der Waals surface area contributed by atoms with Gasteiger partial charge in [0.2, 0.25) is 11.9 Å². The lowest BCUT2D eigenvalue weighted by molar-refractivity contribution is -0.462. The molecule has 2 aliphatic carbocycles. The topological polar surface area (TPSA) is 225 Å². The number of aromatic nitrogens is 4. The van der Waals surface area contributed by atoms with Crippen LogP contribution in [0.4, 0.5) is 17.5 Å². The first-order valence-electron chi connectivity index (χ1n) is 22.8. The van der Waals surface area contributed by atoms with E-state index in [1.807, 2.05) is 24.3 Å². The quantitative estimate of drug-likeness (QED) is 0.0687. The number of nitrogens with one attached hydrogen (secondary N) is 2. The van der Waals surface area contributed by atoms with E-state index in [4.69, 9.17) is 19.5 Å². The van der Waals surface area contributed by atoms with Crippen LogP contribution in [0.2, 0.25) is 0 Å². The van der Waals surface area contributed by atoms with Gasteiger partial charge in [-0.25, -0.2) is 19.5 Å². The van der Waals surface area contributed by atoms with Gasteiger partial charge in [0, 0.05) is 76.0 Å². The van der Waals surface area contributed by atoms with Gasteiger partial charge in [-0.3, -0.25) is 18.7 Å². The summed E-state index contributed by atoms with van der Waals surface area (Å²) in [6.45, 7) is 5.73. The molecule has 4 aromatic rings. The number of carbonyl (C=O) groups excluding carboxylic acids is 2. The zero-order valence-corrected chi connectivity index (χ0v) is 40.1. The van der Waals surface area contributed by atoms with E-state index in [1.54, 1.807) is 11.9 Å². The summed E-state index contributed by atoms with van der Waals surface area (Å²) in [5.41, 5.74) is 15.8. The number of benzene rings is 2. The Morgan fingerprint density at radius 3 is 2.55 bits per heavy atom. The number of fused-ring (bicyclic) bond motifs is 4. The van der Waals surface area contributed by atoms with Gasteiger partial charge in [-0.2, -0.15) is 0 Å². The molecule has 356 valence electrons. The van der Waals surface area contributed by atoms with Gasteiger partial charge in [-0.05, 0) is 76.9 Å². The van der Waals surface area contributed by atoms with Crippen molar-refractivity contribution in [2.45, 2.75) is 82.3 Å². The molecule has 2 saturated heterocycles. The number of carbonyl (C=O) groups is 2. The third-order valence-electron chi connectivity index (χ3n) is 13.0. The second-order valence-corrected chi connectivity index (χ2v) is 19.8. The van der Waals surface area contributed by atoms with Crippen LogP contribution in [0.1, 0.15) is 85.6 Å². The number of phosphoric ester groups is 1. The van der Waals surface area contributed by atoms with Crippen molar-refractivity contribution in [1.29, 1.82) is 0 Å². The van der Waals surface area contributed by atoms with Gasteiger partial charge in [-0.1, -0.05) is 51.0 Å². The third kappa shape index (κ3) is 9.69. The van der Waals surface area contributed by atoms with E-state index in [0.29, 0.717) is 55.2 Å². The van der Waals surface area contributed by atoms with E-state index in [-0.39, 0.29) is 29.7 Å². The molecule has 2 aromatic carbocycles. The number of ether oxygens (including phenoxy) is 1. The average Bonchev–Trinajstić information content (AvgIpc) is 3.82. The molecular weight excluding hydrogens is 876 g/mol. The van der Waals surface area contributed by atoms with E-state index < -0.39 is 32.4 Å². The Bertz CT molecular complexity index is 2740. The molecule has 2 amide bonds. The molecular formula is C48H61N10O8P. The lowest BCUT2D eigenvalue weighted by Gasteiger charge is -2.39. The van der Waals surface area contributed by atoms with Crippen LogP contribution >= 0.6 is 7.82 Å². The number of amides is 2. The maximum absolute atomic E-state index is 14.3. The number of hydrogen-bond acceptors (Lipinski definition) is 14.